The summed E-state index contributed by atoms with van der Waals surface area (Å²) in [5.74, 6) is 0.134. The zero-order valence-corrected chi connectivity index (χ0v) is 11.0. The summed E-state index contributed by atoms with van der Waals surface area (Å²) in [5.41, 5.74) is 3.50. The highest BCUT2D eigenvalue weighted by atomic mass is 16.5. The summed E-state index contributed by atoms with van der Waals surface area (Å²) in [6, 6.07) is 0. The highest BCUT2D eigenvalue weighted by molar-refractivity contribution is 5.82. The molecule has 0 aromatic heterocycles. The van der Waals surface area contributed by atoms with E-state index in [1.165, 1.54) is 24.3 Å². The van der Waals surface area contributed by atoms with Gasteiger partial charge in [0.05, 0.1) is 7.11 Å². The second kappa shape index (κ2) is 7.04. The predicted molar refractivity (Wildman–Crippen MR) is 68.1 cm³/mol. The van der Waals surface area contributed by atoms with Gasteiger partial charge in [-0.05, 0) is 31.8 Å². The first kappa shape index (κ1) is 14.7. The quantitative estimate of drug-likeness (QED) is 0.307. The minimum atomic E-state index is -0.325. The lowest BCUT2D eigenvalue weighted by Crippen LogP contribution is -1.97. The monoisotopic (exact) mass is 222 g/mol. The Morgan fingerprint density at radius 3 is 2.25 bits per heavy atom. The van der Waals surface area contributed by atoms with Gasteiger partial charge in [0.2, 0.25) is 0 Å². The molecule has 0 amide bonds. The maximum atomic E-state index is 11.0. The van der Waals surface area contributed by atoms with Gasteiger partial charge in [-0.3, -0.25) is 0 Å². The minimum Gasteiger partial charge on any atom is -0.466 e. The van der Waals surface area contributed by atoms with Crippen molar-refractivity contribution in [1.82, 2.24) is 0 Å². The lowest BCUT2D eigenvalue weighted by molar-refractivity contribution is -0.134. The average molecular weight is 222 g/mol. The molecule has 0 saturated heterocycles. The van der Waals surface area contributed by atoms with Gasteiger partial charge in [-0.2, -0.15) is 0 Å². The third kappa shape index (κ3) is 5.54. The van der Waals surface area contributed by atoms with Crippen LogP contribution in [0.4, 0.5) is 0 Å². The molecule has 0 saturated carbocycles. The number of carbonyl (C=O) groups is 1. The van der Waals surface area contributed by atoms with E-state index in [4.69, 9.17) is 0 Å². The fourth-order valence-electron chi connectivity index (χ4n) is 1.09. The second-order valence-corrected chi connectivity index (χ2v) is 4.37. The standard InChI is InChI=1S/C14H22O2/c1-10(2)12(5)9-13(11(3)4)7-8-14(15)16-6/h7-8,10H,5,9H2,1-4,6H3/b8-7+. The van der Waals surface area contributed by atoms with Gasteiger partial charge >= 0.3 is 5.97 Å². The summed E-state index contributed by atoms with van der Waals surface area (Å²) < 4.78 is 4.56. The molecule has 0 aliphatic carbocycles. The van der Waals surface area contributed by atoms with Crippen LogP contribution in [0.25, 0.3) is 0 Å². The topological polar surface area (TPSA) is 26.3 Å². The number of allylic oxidation sites excluding steroid dienone is 4. The number of hydrogen-bond donors (Lipinski definition) is 0. The van der Waals surface area contributed by atoms with Crippen molar-refractivity contribution in [1.29, 1.82) is 0 Å². The number of hydrogen-bond acceptors (Lipinski definition) is 2. The normalized spacial score (nSPS) is 10.6. The summed E-state index contributed by atoms with van der Waals surface area (Å²) in [4.78, 5) is 11.0. The molecule has 0 aromatic carbocycles. The van der Waals surface area contributed by atoms with Crippen molar-refractivity contribution in [3.8, 4) is 0 Å². The molecule has 0 aromatic rings. The lowest BCUT2D eigenvalue weighted by Gasteiger charge is -2.11. The highest BCUT2D eigenvalue weighted by Crippen LogP contribution is 2.20. The van der Waals surface area contributed by atoms with Crippen molar-refractivity contribution in [2.45, 2.75) is 34.1 Å². The average Bonchev–Trinajstić information content (AvgIpc) is 2.22. The highest BCUT2D eigenvalue weighted by Gasteiger charge is 2.04. The van der Waals surface area contributed by atoms with Crippen molar-refractivity contribution in [3.63, 3.8) is 0 Å². The van der Waals surface area contributed by atoms with Crippen LogP contribution in [0.5, 0.6) is 0 Å². The van der Waals surface area contributed by atoms with E-state index in [2.05, 4.69) is 25.2 Å². The van der Waals surface area contributed by atoms with Crippen molar-refractivity contribution in [2.75, 3.05) is 7.11 Å². The van der Waals surface area contributed by atoms with E-state index >= 15 is 0 Å². The van der Waals surface area contributed by atoms with Gasteiger partial charge < -0.3 is 4.74 Å². The Hall–Kier alpha value is -1.31. The van der Waals surface area contributed by atoms with Crippen LogP contribution in [0.2, 0.25) is 0 Å². The fraction of sp³-hybridized carbons (Fsp3) is 0.500. The Morgan fingerprint density at radius 1 is 1.31 bits per heavy atom. The molecule has 0 fully saturated rings. The summed E-state index contributed by atoms with van der Waals surface area (Å²) in [5, 5.41) is 0. The molecule has 0 bridgehead atoms. The molecule has 0 radical (unpaired) electrons. The molecule has 0 heterocycles. The lowest BCUT2D eigenvalue weighted by atomic mass is 9.95. The van der Waals surface area contributed by atoms with E-state index < -0.39 is 0 Å². The predicted octanol–water partition coefficient (Wildman–Crippen LogP) is 3.65. The zero-order valence-electron chi connectivity index (χ0n) is 11.0. The van der Waals surface area contributed by atoms with E-state index in [-0.39, 0.29) is 5.97 Å². The third-order valence-electron chi connectivity index (χ3n) is 2.50. The van der Waals surface area contributed by atoms with E-state index in [9.17, 15) is 4.79 Å². The van der Waals surface area contributed by atoms with Crippen LogP contribution in [0, 0.1) is 5.92 Å². The van der Waals surface area contributed by atoms with Crippen molar-refractivity contribution in [3.05, 3.63) is 35.5 Å². The van der Waals surface area contributed by atoms with E-state index in [0.717, 1.165) is 12.0 Å². The van der Waals surface area contributed by atoms with Crippen LogP contribution < -0.4 is 0 Å². The van der Waals surface area contributed by atoms with Crippen LogP contribution in [-0.4, -0.2) is 13.1 Å². The fourth-order valence-corrected chi connectivity index (χ4v) is 1.09. The maximum absolute atomic E-state index is 11.0. The molecule has 0 rings (SSSR count). The van der Waals surface area contributed by atoms with Crippen LogP contribution in [-0.2, 0) is 9.53 Å². The molecule has 16 heavy (non-hydrogen) atoms. The Kier molecular flexibility index (Phi) is 6.47. The molecule has 2 nitrogen and oxygen atoms in total. The number of carbonyl (C=O) groups excluding carboxylic acids is 1. The first-order valence-electron chi connectivity index (χ1n) is 5.48. The maximum Gasteiger partial charge on any atom is 0.330 e. The van der Waals surface area contributed by atoms with Crippen LogP contribution in [0.3, 0.4) is 0 Å². The van der Waals surface area contributed by atoms with Gasteiger partial charge in [0, 0.05) is 6.08 Å². The molecule has 0 spiro atoms. The van der Waals surface area contributed by atoms with Crippen LogP contribution in [0.1, 0.15) is 34.1 Å². The summed E-state index contributed by atoms with van der Waals surface area (Å²) in [6.45, 7) is 12.3. The first-order chi connectivity index (χ1) is 7.38. The number of rotatable bonds is 5. The van der Waals surface area contributed by atoms with Crippen LogP contribution in [0.15, 0.2) is 35.5 Å². The third-order valence-corrected chi connectivity index (χ3v) is 2.50. The van der Waals surface area contributed by atoms with E-state index in [0.29, 0.717) is 5.92 Å². The zero-order chi connectivity index (χ0) is 12.7. The molecule has 2 heteroatoms. The Bertz CT molecular complexity index is 316. The van der Waals surface area contributed by atoms with Gasteiger partial charge in [0.25, 0.3) is 0 Å². The molecule has 0 aliphatic heterocycles. The van der Waals surface area contributed by atoms with Crippen molar-refractivity contribution < 1.29 is 9.53 Å². The van der Waals surface area contributed by atoms with Crippen molar-refractivity contribution >= 4 is 5.97 Å². The largest absolute Gasteiger partial charge is 0.466 e. The molecule has 0 atom stereocenters. The Labute approximate surface area is 98.7 Å². The van der Waals surface area contributed by atoms with Crippen LogP contribution >= 0.6 is 0 Å². The molecule has 90 valence electrons. The smallest absolute Gasteiger partial charge is 0.330 e. The first-order valence-corrected chi connectivity index (χ1v) is 5.48. The van der Waals surface area contributed by atoms with Crippen molar-refractivity contribution in [2.24, 2.45) is 5.92 Å². The minimum absolute atomic E-state index is 0.325. The molecule has 0 N–H and O–H groups in total. The van der Waals surface area contributed by atoms with Gasteiger partial charge in [0.15, 0.2) is 0 Å². The Morgan fingerprint density at radius 2 is 1.88 bits per heavy atom. The summed E-state index contributed by atoms with van der Waals surface area (Å²) >= 11 is 0. The molecule has 0 unspecified atom stereocenters. The number of ether oxygens (including phenoxy) is 1. The van der Waals surface area contributed by atoms with Gasteiger partial charge in [-0.15, -0.1) is 0 Å². The van der Waals surface area contributed by atoms with Gasteiger partial charge in [-0.25, -0.2) is 4.79 Å². The van der Waals surface area contributed by atoms with Gasteiger partial charge in [0.1, 0.15) is 0 Å². The molecular weight excluding hydrogens is 200 g/mol. The molecule has 0 aliphatic rings. The summed E-state index contributed by atoms with van der Waals surface area (Å²) in [6.07, 6.45) is 4.08. The number of methoxy groups -OCH3 is 1. The summed E-state index contributed by atoms with van der Waals surface area (Å²) in [7, 11) is 1.38. The van der Waals surface area contributed by atoms with E-state index in [1.807, 2.05) is 19.9 Å². The number of esters is 1. The molecular formula is C14H22O2. The Balaban J connectivity index is 4.68. The SMILES string of the molecule is C=C(CC(/C=C/C(=O)OC)=C(C)C)C(C)C. The second-order valence-electron chi connectivity index (χ2n) is 4.37. The van der Waals surface area contributed by atoms with Gasteiger partial charge in [-0.1, -0.05) is 37.6 Å². The van der Waals surface area contributed by atoms with E-state index in [1.54, 1.807) is 0 Å².